The van der Waals surface area contributed by atoms with E-state index in [1.165, 1.54) is 38.5 Å². The van der Waals surface area contributed by atoms with Crippen molar-refractivity contribution in [3.63, 3.8) is 0 Å². The summed E-state index contributed by atoms with van der Waals surface area (Å²) in [7, 11) is 0. The van der Waals surface area contributed by atoms with Crippen LogP contribution in [0.1, 0.15) is 38.5 Å². The molecule has 0 aromatic rings. The van der Waals surface area contributed by atoms with Gasteiger partial charge in [-0.1, -0.05) is 37.1 Å². The molecule has 0 unspecified atom stereocenters. The van der Waals surface area contributed by atoms with E-state index in [4.69, 9.17) is 23.2 Å². The molecule has 82 valence electrons. The van der Waals surface area contributed by atoms with Crippen LogP contribution < -0.4 is 0 Å². The number of hydrogen-bond donors (Lipinski definition) is 0. The third-order valence-electron chi connectivity index (χ3n) is 2.00. The fourth-order valence-corrected chi connectivity index (χ4v) is 1.49. The predicted molar refractivity (Wildman–Crippen MR) is 67.4 cm³/mol. The Hall–Kier alpha value is 0.0600. The lowest BCUT2D eigenvalue weighted by Gasteiger charge is -1.96. The molecule has 0 aliphatic rings. The lowest BCUT2D eigenvalue weighted by molar-refractivity contribution is 0.652. The van der Waals surface area contributed by atoms with Crippen LogP contribution in [0.3, 0.4) is 0 Å². The second kappa shape index (κ2) is 13.1. The Morgan fingerprint density at radius 3 is 1.36 bits per heavy atom. The number of allylic oxidation sites excluding steroid dienone is 4. The van der Waals surface area contributed by atoms with E-state index in [0.29, 0.717) is 11.8 Å². The highest BCUT2D eigenvalue weighted by atomic mass is 35.5. The van der Waals surface area contributed by atoms with Crippen molar-refractivity contribution in [2.75, 3.05) is 11.8 Å². The zero-order valence-electron chi connectivity index (χ0n) is 8.72. The molecular formula is C12H20Cl2. The van der Waals surface area contributed by atoms with E-state index in [1.807, 2.05) is 12.2 Å². The van der Waals surface area contributed by atoms with Crippen LogP contribution in [0.5, 0.6) is 0 Å². The minimum absolute atomic E-state index is 0.642. The maximum absolute atomic E-state index is 5.51. The first-order valence-corrected chi connectivity index (χ1v) is 6.40. The van der Waals surface area contributed by atoms with Gasteiger partial charge in [-0.15, -0.1) is 23.2 Å². The van der Waals surface area contributed by atoms with Gasteiger partial charge < -0.3 is 0 Å². The summed E-state index contributed by atoms with van der Waals surface area (Å²) in [4.78, 5) is 0. The molecule has 0 aromatic heterocycles. The van der Waals surface area contributed by atoms with Crippen molar-refractivity contribution in [2.45, 2.75) is 38.5 Å². The van der Waals surface area contributed by atoms with E-state index in [2.05, 4.69) is 12.2 Å². The fourth-order valence-electron chi connectivity index (χ4n) is 1.24. The smallest absolute Gasteiger partial charge is 0.0404 e. The summed E-state index contributed by atoms with van der Waals surface area (Å²) in [5, 5.41) is 0. The van der Waals surface area contributed by atoms with E-state index >= 15 is 0 Å². The lowest BCUT2D eigenvalue weighted by Crippen LogP contribution is -1.77. The molecule has 0 fully saturated rings. The molecule has 0 aliphatic heterocycles. The van der Waals surface area contributed by atoms with Crippen LogP contribution >= 0.6 is 23.2 Å². The third-order valence-corrected chi connectivity index (χ3v) is 2.36. The average molecular weight is 235 g/mol. The summed E-state index contributed by atoms with van der Waals surface area (Å²) < 4.78 is 0. The van der Waals surface area contributed by atoms with Crippen molar-refractivity contribution in [3.05, 3.63) is 24.3 Å². The highest BCUT2D eigenvalue weighted by molar-refractivity contribution is 6.19. The van der Waals surface area contributed by atoms with Crippen LogP contribution in [0.4, 0.5) is 0 Å². The van der Waals surface area contributed by atoms with Crippen LogP contribution in [0.2, 0.25) is 0 Å². The van der Waals surface area contributed by atoms with E-state index in [-0.39, 0.29) is 0 Å². The molecule has 0 bridgehead atoms. The van der Waals surface area contributed by atoms with Crippen LogP contribution in [0, 0.1) is 0 Å². The van der Waals surface area contributed by atoms with E-state index in [0.717, 1.165) is 0 Å². The summed E-state index contributed by atoms with van der Waals surface area (Å²) >= 11 is 11.0. The van der Waals surface area contributed by atoms with Crippen molar-refractivity contribution < 1.29 is 0 Å². The topological polar surface area (TPSA) is 0 Å². The molecule has 14 heavy (non-hydrogen) atoms. The molecule has 0 spiro atoms. The minimum Gasteiger partial charge on any atom is -0.122 e. The fraction of sp³-hybridized carbons (Fsp3) is 0.667. The van der Waals surface area contributed by atoms with Crippen molar-refractivity contribution in [2.24, 2.45) is 0 Å². The highest BCUT2D eigenvalue weighted by Crippen LogP contribution is 2.06. The van der Waals surface area contributed by atoms with Gasteiger partial charge in [0.25, 0.3) is 0 Å². The summed E-state index contributed by atoms with van der Waals surface area (Å²) in [6, 6.07) is 0. The third kappa shape index (κ3) is 12.1. The first kappa shape index (κ1) is 14.1. The first-order chi connectivity index (χ1) is 6.91. The Morgan fingerprint density at radius 2 is 1.00 bits per heavy atom. The number of hydrogen-bond acceptors (Lipinski definition) is 0. The van der Waals surface area contributed by atoms with Gasteiger partial charge in [0.15, 0.2) is 0 Å². The Balaban J connectivity index is 2.99. The summed E-state index contributed by atoms with van der Waals surface area (Å²) in [6.45, 7) is 0. The molecule has 0 rings (SSSR count). The zero-order chi connectivity index (χ0) is 10.5. The SMILES string of the molecule is ClC/C=C/CCCCCC/C=C/CCl. The molecule has 0 saturated carbocycles. The Kier molecular flexibility index (Phi) is 13.1. The van der Waals surface area contributed by atoms with Crippen LogP contribution in [-0.4, -0.2) is 11.8 Å². The first-order valence-electron chi connectivity index (χ1n) is 5.33. The molecule has 0 atom stereocenters. The van der Waals surface area contributed by atoms with Gasteiger partial charge in [-0.05, 0) is 25.7 Å². The van der Waals surface area contributed by atoms with Crippen molar-refractivity contribution in [1.29, 1.82) is 0 Å². The van der Waals surface area contributed by atoms with Crippen LogP contribution in [-0.2, 0) is 0 Å². The second-order valence-corrected chi connectivity index (χ2v) is 3.86. The van der Waals surface area contributed by atoms with Crippen molar-refractivity contribution >= 4 is 23.2 Å². The standard InChI is InChI=1S/C12H20Cl2/c13-11-9-7-5-3-1-2-4-6-8-10-12-14/h7-10H,1-6,11-12H2/b9-7+,10-8+. The Labute approximate surface area is 98.0 Å². The quantitative estimate of drug-likeness (QED) is 0.302. The Morgan fingerprint density at radius 1 is 0.571 bits per heavy atom. The lowest BCUT2D eigenvalue weighted by atomic mass is 10.1. The number of unbranched alkanes of at least 4 members (excludes halogenated alkanes) is 5. The van der Waals surface area contributed by atoms with Gasteiger partial charge >= 0.3 is 0 Å². The number of alkyl halides is 2. The zero-order valence-corrected chi connectivity index (χ0v) is 10.2. The van der Waals surface area contributed by atoms with Crippen LogP contribution in [0.25, 0.3) is 0 Å². The molecule has 0 N–H and O–H groups in total. The van der Waals surface area contributed by atoms with Gasteiger partial charge in [0.2, 0.25) is 0 Å². The normalized spacial score (nSPS) is 11.9. The highest BCUT2D eigenvalue weighted by Gasteiger charge is 1.87. The number of rotatable bonds is 9. The molecule has 0 aliphatic carbocycles. The van der Waals surface area contributed by atoms with Gasteiger partial charge in [-0.25, -0.2) is 0 Å². The predicted octanol–water partition coefficient (Wildman–Crippen LogP) is 4.92. The largest absolute Gasteiger partial charge is 0.122 e. The summed E-state index contributed by atoms with van der Waals surface area (Å²) in [6.07, 6.45) is 15.9. The van der Waals surface area contributed by atoms with Gasteiger partial charge in [0.05, 0.1) is 0 Å². The Bertz CT molecular complexity index is 132. The van der Waals surface area contributed by atoms with Crippen LogP contribution in [0.15, 0.2) is 24.3 Å². The molecule has 0 aromatic carbocycles. The van der Waals surface area contributed by atoms with Gasteiger partial charge in [-0.3, -0.25) is 0 Å². The van der Waals surface area contributed by atoms with E-state index in [9.17, 15) is 0 Å². The minimum atomic E-state index is 0.642. The molecule has 2 heteroatoms. The summed E-state index contributed by atoms with van der Waals surface area (Å²) in [5.41, 5.74) is 0. The van der Waals surface area contributed by atoms with Gasteiger partial charge in [-0.2, -0.15) is 0 Å². The maximum Gasteiger partial charge on any atom is 0.0404 e. The maximum atomic E-state index is 5.51. The molecule has 0 nitrogen and oxygen atoms in total. The van der Waals surface area contributed by atoms with Crippen molar-refractivity contribution in [3.8, 4) is 0 Å². The van der Waals surface area contributed by atoms with E-state index < -0.39 is 0 Å². The molecule has 0 radical (unpaired) electrons. The summed E-state index contributed by atoms with van der Waals surface area (Å²) in [5.74, 6) is 1.28. The molecular weight excluding hydrogens is 215 g/mol. The van der Waals surface area contributed by atoms with Gasteiger partial charge in [0.1, 0.15) is 0 Å². The molecule has 0 amide bonds. The average Bonchev–Trinajstić information content (AvgIpc) is 2.21. The molecule has 0 saturated heterocycles. The van der Waals surface area contributed by atoms with Gasteiger partial charge in [0, 0.05) is 11.8 Å². The number of halogens is 2. The second-order valence-electron chi connectivity index (χ2n) is 3.24. The van der Waals surface area contributed by atoms with E-state index in [1.54, 1.807) is 0 Å². The monoisotopic (exact) mass is 234 g/mol. The molecule has 0 heterocycles. The van der Waals surface area contributed by atoms with Crippen molar-refractivity contribution in [1.82, 2.24) is 0 Å².